The summed E-state index contributed by atoms with van der Waals surface area (Å²) in [5, 5.41) is 40.6. The number of nitrogens with one attached hydrogen (secondary N) is 3. The van der Waals surface area contributed by atoms with Crippen molar-refractivity contribution in [1.29, 1.82) is 0 Å². The van der Waals surface area contributed by atoms with Gasteiger partial charge in [-0.1, -0.05) is 36.4 Å². The molecule has 0 atom stereocenters. The van der Waals surface area contributed by atoms with E-state index in [1.54, 1.807) is 36.4 Å². The van der Waals surface area contributed by atoms with Crippen molar-refractivity contribution < 1.29 is 30.0 Å². The minimum Gasteiger partial charge on any atom is -0.351 e. The molecule has 0 spiro atoms. The highest BCUT2D eigenvalue weighted by atomic mass is 32.2. The van der Waals surface area contributed by atoms with E-state index in [1.807, 2.05) is 19.0 Å². The predicted molar refractivity (Wildman–Crippen MR) is 201 cm³/mol. The molecule has 0 aliphatic heterocycles. The quantitative estimate of drug-likeness (QED) is 0.108. The summed E-state index contributed by atoms with van der Waals surface area (Å²) in [6, 6.07) is 19.5. The topological polar surface area (TPSA) is 297 Å². The van der Waals surface area contributed by atoms with Gasteiger partial charge in [0.2, 0.25) is 41.7 Å². The lowest BCUT2D eigenvalue weighted by molar-refractivity contribution is 0.0951. The summed E-state index contributed by atoms with van der Waals surface area (Å²) in [7, 11) is -8.84. The number of nitrogens with two attached hydrogens (primary N) is 2. The number of carbonyl (C=O) groups excluding carboxylic acids is 1. The van der Waals surface area contributed by atoms with Gasteiger partial charge in [0.1, 0.15) is 0 Å². The highest BCUT2D eigenvalue weighted by molar-refractivity contribution is 7.92. The number of aromatic nitrogens is 8. The highest BCUT2D eigenvalue weighted by Crippen LogP contribution is 2.39. The second-order valence-corrected chi connectivity index (χ2v) is 17.2. The van der Waals surface area contributed by atoms with Crippen molar-refractivity contribution >= 4 is 41.7 Å². The molecule has 286 valence electrons. The van der Waals surface area contributed by atoms with E-state index in [2.05, 4.69) is 46.1 Å². The van der Waals surface area contributed by atoms with Gasteiger partial charge in [-0.25, -0.2) is 35.5 Å². The molecule has 2 aromatic heterocycles. The maximum Gasteiger partial charge on any atom is 0.251 e. The number of benzene rings is 4. The van der Waals surface area contributed by atoms with E-state index in [9.17, 15) is 30.0 Å². The normalized spacial score (nSPS) is 12.2. The molecule has 0 saturated heterocycles. The summed E-state index contributed by atoms with van der Waals surface area (Å²) in [6.07, 6.45) is 0.972. The van der Waals surface area contributed by atoms with Gasteiger partial charge in [-0.3, -0.25) is 9.52 Å². The first kappa shape index (κ1) is 38.7. The SMILES string of the molecule is CN(C)CCNC(=O)c1ccc(-c2cccc(S(N)(=O)=O)c2-c2nnn(-c3cc(-c4cccc(NS(C)(=O)=O)c4)c(-c4nn[nH]n4)c(S(N)(=O)=O)c3)n2)cc1. The molecule has 0 aliphatic rings. The summed E-state index contributed by atoms with van der Waals surface area (Å²) < 4.78 is 78.4. The third-order valence-corrected chi connectivity index (χ3v) is 10.4. The van der Waals surface area contributed by atoms with Gasteiger partial charge in [-0.15, -0.1) is 25.2 Å². The van der Waals surface area contributed by atoms with E-state index >= 15 is 0 Å². The second kappa shape index (κ2) is 15.0. The molecule has 23 heteroatoms. The number of rotatable bonds is 13. The minimum atomic E-state index is -4.54. The van der Waals surface area contributed by atoms with Crippen LogP contribution in [-0.2, 0) is 30.1 Å². The third-order valence-electron chi connectivity index (χ3n) is 7.94. The molecule has 4 aromatic carbocycles. The van der Waals surface area contributed by atoms with Crippen LogP contribution in [0.2, 0.25) is 0 Å². The summed E-state index contributed by atoms with van der Waals surface area (Å²) in [5.74, 6) is -0.646. The van der Waals surface area contributed by atoms with Crippen molar-refractivity contribution in [3.8, 4) is 50.7 Å². The Kier molecular flexibility index (Phi) is 10.6. The van der Waals surface area contributed by atoms with Crippen LogP contribution in [0.25, 0.3) is 50.7 Å². The molecular formula is C32H33N13O7S3. The molecule has 0 aliphatic carbocycles. The number of likely N-dealkylation sites (N-methyl/N-ethyl adjacent to an activating group) is 1. The van der Waals surface area contributed by atoms with E-state index in [0.717, 1.165) is 17.1 Å². The van der Waals surface area contributed by atoms with Gasteiger partial charge in [0, 0.05) is 24.3 Å². The van der Waals surface area contributed by atoms with Crippen molar-refractivity contribution in [2.75, 3.05) is 38.2 Å². The number of tetrazole rings is 2. The lowest BCUT2D eigenvalue weighted by Gasteiger charge is -2.15. The Morgan fingerprint density at radius 2 is 1.49 bits per heavy atom. The first-order chi connectivity index (χ1) is 25.9. The van der Waals surface area contributed by atoms with Gasteiger partial charge in [0.25, 0.3) is 5.91 Å². The number of sulfonamides is 3. The van der Waals surface area contributed by atoms with Crippen LogP contribution in [0.5, 0.6) is 0 Å². The maximum absolute atomic E-state index is 13.1. The van der Waals surface area contributed by atoms with E-state index < -0.39 is 35.0 Å². The maximum atomic E-state index is 13.1. The number of hydrogen-bond acceptors (Lipinski definition) is 14. The third kappa shape index (κ3) is 8.88. The zero-order valence-corrected chi connectivity index (χ0v) is 31.7. The molecule has 2 heterocycles. The minimum absolute atomic E-state index is 0.00855. The first-order valence-electron chi connectivity index (χ1n) is 15.9. The number of aromatic amines is 1. The molecule has 7 N–H and O–H groups in total. The van der Waals surface area contributed by atoms with Gasteiger partial charge >= 0.3 is 0 Å². The van der Waals surface area contributed by atoms with Crippen molar-refractivity contribution in [3.63, 3.8) is 0 Å². The van der Waals surface area contributed by atoms with E-state index in [-0.39, 0.29) is 50.5 Å². The van der Waals surface area contributed by atoms with E-state index in [1.165, 1.54) is 36.4 Å². The van der Waals surface area contributed by atoms with Gasteiger partial charge in [0.05, 0.1) is 32.9 Å². The number of hydrogen-bond donors (Lipinski definition) is 5. The van der Waals surface area contributed by atoms with E-state index in [0.29, 0.717) is 35.3 Å². The number of amides is 1. The number of H-pyrrole nitrogens is 1. The van der Waals surface area contributed by atoms with Crippen LogP contribution in [0.15, 0.2) is 88.7 Å². The molecule has 0 unspecified atom stereocenters. The van der Waals surface area contributed by atoms with Crippen LogP contribution in [0.4, 0.5) is 5.69 Å². The Balaban J connectivity index is 1.50. The number of anilines is 1. The van der Waals surface area contributed by atoms with Crippen LogP contribution in [0.3, 0.4) is 0 Å². The Bertz CT molecular complexity index is 2740. The van der Waals surface area contributed by atoms with Crippen LogP contribution in [-0.4, -0.2) is 110 Å². The standard InChI is InChI=1S/C32H33N13O7S3/c1-44(2)15-14-35-32(46)20-12-10-19(11-13-20)24-8-5-9-26(54(33,49)50)28(24)31-38-43-45(39-31)23-17-25(21-6-4-7-22(16-21)40-53(3,47)48)29(30-36-41-42-37-30)27(18-23)55(34,51)52/h4-13,16-18,40H,14-15H2,1-3H3,(H,35,46)(H2,33,49,50)(H2,34,51,52)(H,36,37,41,42). The fourth-order valence-corrected chi connectivity index (χ4v) is 7.67. The monoisotopic (exact) mass is 807 g/mol. The zero-order chi connectivity index (χ0) is 39.7. The van der Waals surface area contributed by atoms with Gasteiger partial charge in [-0.05, 0) is 89.2 Å². The van der Waals surface area contributed by atoms with Gasteiger partial charge in [-0.2, -0.15) is 5.21 Å². The van der Waals surface area contributed by atoms with Crippen molar-refractivity contribution in [2.24, 2.45) is 10.3 Å². The zero-order valence-electron chi connectivity index (χ0n) is 29.2. The summed E-state index contributed by atoms with van der Waals surface area (Å²) in [4.78, 5) is 14.8. The van der Waals surface area contributed by atoms with Crippen molar-refractivity contribution in [1.82, 2.24) is 51.0 Å². The molecule has 6 rings (SSSR count). The van der Waals surface area contributed by atoms with Gasteiger partial charge < -0.3 is 10.2 Å². The van der Waals surface area contributed by atoms with Crippen LogP contribution >= 0.6 is 0 Å². The summed E-state index contributed by atoms with van der Waals surface area (Å²) in [5.41, 5.74) is 1.71. The molecule has 0 bridgehead atoms. The lowest BCUT2D eigenvalue weighted by Crippen LogP contribution is -2.31. The summed E-state index contributed by atoms with van der Waals surface area (Å²) >= 11 is 0. The number of carbonyl (C=O) groups is 1. The van der Waals surface area contributed by atoms with Crippen LogP contribution in [0.1, 0.15) is 10.4 Å². The van der Waals surface area contributed by atoms with Crippen molar-refractivity contribution in [3.05, 3.63) is 84.4 Å². The van der Waals surface area contributed by atoms with E-state index in [4.69, 9.17) is 10.3 Å². The Labute approximate surface area is 315 Å². The molecule has 0 saturated carbocycles. The molecule has 0 fully saturated rings. The largest absolute Gasteiger partial charge is 0.351 e. The second-order valence-electron chi connectivity index (χ2n) is 12.4. The van der Waals surface area contributed by atoms with Crippen molar-refractivity contribution in [2.45, 2.75) is 9.79 Å². The number of primary sulfonamides is 2. The molecule has 6 aromatic rings. The smallest absolute Gasteiger partial charge is 0.251 e. The molecule has 20 nitrogen and oxygen atoms in total. The van der Waals surface area contributed by atoms with Crippen LogP contribution < -0.4 is 20.3 Å². The fraction of sp³-hybridized carbons (Fsp3) is 0.156. The molecule has 1 amide bonds. The first-order valence-corrected chi connectivity index (χ1v) is 20.9. The number of nitrogens with zero attached hydrogens (tertiary/aromatic N) is 8. The lowest BCUT2D eigenvalue weighted by atomic mass is 9.97. The predicted octanol–water partition coefficient (Wildman–Crippen LogP) is 0.801. The highest BCUT2D eigenvalue weighted by Gasteiger charge is 2.27. The van der Waals surface area contributed by atoms with Gasteiger partial charge in [0.15, 0.2) is 0 Å². The Hall–Kier alpha value is -5.98. The molecule has 0 radical (unpaired) electrons. The average molecular weight is 808 g/mol. The fourth-order valence-electron chi connectivity index (χ4n) is 5.59. The Morgan fingerprint density at radius 1 is 0.800 bits per heavy atom. The Morgan fingerprint density at radius 3 is 2.13 bits per heavy atom. The van der Waals surface area contributed by atoms with Crippen LogP contribution in [0, 0.1) is 0 Å². The summed E-state index contributed by atoms with van der Waals surface area (Å²) in [6.45, 7) is 1.08. The molecular weight excluding hydrogens is 775 g/mol. The molecule has 55 heavy (non-hydrogen) atoms. The average Bonchev–Trinajstić information content (AvgIpc) is 3.83.